The highest BCUT2D eigenvalue weighted by Crippen LogP contribution is 2.47. The fraction of sp³-hybridized carbons (Fsp3) is 0.933. The first-order chi connectivity index (χ1) is 10.4. The minimum Gasteiger partial charge on any atom is -0.384 e. The number of hydrogen-bond acceptors (Lipinski definition) is 4. The number of amides is 1. The smallest absolute Gasteiger partial charge is 0.219 e. The van der Waals surface area contributed by atoms with Crippen molar-refractivity contribution < 1.29 is 17.9 Å². The number of hydrogen-bond donors (Lipinski definition) is 0. The molecule has 126 valence electrons. The Labute approximate surface area is 132 Å². The highest BCUT2D eigenvalue weighted by Gasteiger charge is 2.53. The van der Waals surface area contributed by atoms with Crippen LogP contribution in [-0.2, 0) is 19.6 Å². The molecule has 2 aliphatic heterocycles. The third-order valence-corrected chi connectivity index (χ3v) is 7.97. The maximum absolute atomic E-state index is 12.6. The fourth-order valence-electron chi connectivity index (χ4n) is 4.02. The molecule has 0 aromatic rings. The molecule has 3 fully saturated rings. The highest BCUT2D eigenvalue weighted by molar-refractivity contribution is 7.90. The maximum atomic E-state index is 12.6. The Morgan fingerprint density at radius 2 is 1.91 bits per heavy atom. The molecular formula is C15H26N2O4S. The molecule has 3 rings (SSSR count). The Morgan fingerprint density at radius 3 is 2.41 bits per heavy atom. The number of carbonyl (C=O) groups excluding carboxylic acids is 1. The van der Waals surface area contributed by atoms with Crippen LogP contribution in [0.25, 0.3) is 0 Å². The van der Waals surface area contributed by atoms with Crippen LogP contribution in [0.3, 0.4) is 0 Å². The lowest BCUT2D eigenvalue weighted by atomic mass is 9.71. The van der Waals surface area contributed by atoms with Crippen LogP contribution >= 0.6 is 0 Å². The number of sulfonamides is 1. The van der Waals surface area contributed by atoms with Crippen LogP contribution in [0.5, 0.6) is 0 Å². The predicted molar refractivity (Wildman–Crippen MR) is 82.8 cm³/mol. The van der Waals surface area contributed by atoms with Gasteiger partial charge in [-0.05, 0) is 31.1 Å². The number of methoxy groups -OCH3 is 1. The molecule has 22 heavy (non-hydrogen) atoms. The summed E-state index contributed by atoms with van der Waals surface area (Å²) >= 11 is 0. The Bertz CT molecular complexity index is 536. The third-order valence-electron chi connectivity index (χ3n) is 5.66. The monoisotopic (exact) mass is 330 g/mol. The first-order valence-electron chi connectivity index (χ1n) is 8.12. The van der Waals surface area contributed by atoms with Gasteiger partial charge in [0.1, 0.15) is 0 Å². The molecule has 2 heterocycles. The van der Waals surface area contributed by atoms with Crippen molar-refractivity contribution in [3.8, 4) is 0 Å². The molecule has 1 spiro atoms. The average Bonchev–Trinajstić information content (AvgIpc) is 3.27. The van der Waals surface area contributed by atoms with Crippen LogP contribution in [0.4, 0.5) is 0 Å². The van der Waals surface area contributed by atoms with Crippen molar-refractivity contribution in [2.75, 3.05) is 39.9 Å². The van der Waals surface area contributed by atoms with Gasteiger partial charge in [0.25, 0.3) is 0 Å². The molecule has 0 aromatic heterocycles. The molecule has 0 aromatic carbocycles. The van der Waals surface area contributed by atoms with Crippen molar-refractivity contribution in [3.63, 3.8) is 0 Å². The predicted octanol–water partition coefficient (Wildman–Crippen LogP) is 0.686. The standard InChI is InChI=1S/C15H26N2O4S/c1-12(18)16-7-5-15(6-8-16)11-17(9-13(15)10-21-2)22(19,20)14-3-4-14/h13-14H,3-11H2,1-2H3/t13-/m1/s1. The zero-order chi connectivity index (χ0) is 16.0. The second-order valence-corrected chi connectivity index (χ2v) is 9.27. The van der Waals surface area contributed by atoms with E-state index in [2.05, 4.69) is 0 Å². The van der Waals surface area contributed by atoms with Gasteiger partial charge in [0.2, 0.25) is 15.9 Å². The van der Waals surface area contributed by atoms with Gasteiger partial charge >= 0.3 is 0 Å². The number of likely N-dealkylation sites (tertiary alicyclic amines) is 1. The van der Waals surface area contributed by atoms with E-state index in [4.69, 9.17) is 4.74 Å². The summed E-state index contributed by atoms with van der Waals surface area (Å²) in [5.74, 6) is 0.346. The van der Waals surface area contributed by atoms with Crippen LogP contribution < -0.4 is 0 Å². The lowest BCUT2D eigenvalue weighted by Crippen LogP contribution is -2.46. The molecule has 0 bridgehead atoms. The van der Waals surface area contributed by atoms with Gasteiger partial charge in [-0.25, -0.2) is 12.7 Å². The fourth-order valence-corrected chi connectivity index (χ4v) is 6.00. The quantitative estimate of drug-likeness (QED) is 0.760. The number of piperidine rings is 1. The van der Waals surface area contributed by atoms with Crippen LogP contribution in [-0.4, -0.2) is 68.7 Å². The number of carbonyl (C=O) groups is 1. The van der Waals surface area contributed by atoms with E-state index >= 15 is 0 Å². The summed E-state index contributed by atoms with van der Waals surface area (Å²) in [6, 6.07) is 0. The second-order valence-electron chi connectivity index (χ2n) is 7.06. The second kappa shape index (κ2) is 5.76. The Hall–Kier alpha value is -0.660. The Balaban J connectivity index is 1.76. The van der Waals surface area contributed by atoms with Gasteiger partial charge < -0.3 is 9.64 Å². The lowest BCUT2D eigenvalue weighted by Gasteiger charge is -2.42. The first-order valence-corrected chi connectivity index (χ1v) is 9.63. The van der Waals surface area contributed by atoms with E-state index in [9.17, 15) is 13.2 Å². The van der Waals surface area contributed by atoms with E-state index in [0.29, 0.717) is 19.7 Å². The molecule has 1 atom stereocenters. The van der Waals surface area contributed by atoms with Crippen molar-refractivity contribution in [1.29, 1.82) is 0 Å². The molecule has 3 aliphatic rings. The number of rotatable bonds is 4. The van der Waals surface area contributed by atoms with Crippen LogP contribution in [0.2, 0.25) is 0 Å². The van der Waals surface area contributed by atoms with Gasteiger partial charge in [-0.1, -0.05) is 0 Å². The van der Waals surface area contributed by atoms with Gasteiger partial charge in [0, 0.05) is 46.1 Å². The van der Waals surface area contributed by atoms with Gasteiger partial charge in [-0.15, -0.1) is 0 Å². The summed E-state index contributed by atoms with van der Waals surface area (Å²) in [4.78, 5) is 13.4. The maximum Gasteiger partial charge on any atom is 0.219 e. The number of nitrogens with zero attached hydrogens (tertiary/aromatic N) is 2. The molecule has 2 saturated heterocycles. The molecule has 1 amide bonds. The summed E-state index contributed by atoms with van der Waals surface area (Å²) in [6.45, 7) is 4.83. The van der Waals surface area contributed by atoms with Gasteiger partial charge in [-0.3, -0.25) is 4.79 Å². The number of ether oxygens (including phenoxy) is 1. The molecule has 6 nitrogen and oxygen atoms in total. The van der Waals surface area contributed by atoms with Crippen molar-refractivity contribution in [1.82, 2.24) is 9.21 Å². The van der Waals surface area contributed by atoms with Gasteiger partial charge in [-0.2, -0.15) is 0 Å². The van der Waals surface area contributed by atoms with Crippen LogP contribution in [0.1, 0.15) is 32.6 Å². The van der Waals surface area contributed by atoms with E-state index in [-0.39, 0.29) is 22.5 Å². The molecule has 0 N–H and O–H groups in total. The minimum atomic E-state index is -3.12. The minimum absolute atomic E-state index is 0.0239. The average molecular weight is 330 g/mol. The van der Waals surface area contributed by atoms with Crippen molar-refractivity contribution in [3.05, 3.63) is 0 Å². The molecule has 1 aliphatic carbocycles. The molecule has 0 unspecified atom stereocenters. The SMILES string of the molecule is COC[C@H]1CN(S(=O)(=O)C2CC2)CC12CCN(C(C)=O)CC2. The van der Waals surface area contributed by atoms with Crippen molar-refractivity contribution in [2.24, 2.45) is 11.3 Å². The van der Waals surface area contributed by atoms with E-state index < -0.39 is 10.0 Å². The van der Waals surface area contributed by atoms with Gasteiger partial charge in [0.15, 0.2) is 0 Å². The summed E-state index contributed by atoms with van der Waals surface area (Å²) in [6.07, 6.45) is 3.35. The topological polar surface area (TPSA) is 66.9 Å². The summed E-state index contributed by atoms with van der Waals surface area (Å²) in [7, 11) is -1.45. The van der Waals surface area contributed by atoms with E-state index in [1.165, 1.54) is 0 Å². The summed E-state index contributed by atoms with van der Waals surface area (Å²) < 4.78 is 32.2. The third kappa shape index (κ3) is 2.78. The molecule has 7 heteroatoms. The Morgan fingerprint density at radius 1 is 1.27 bits per heavy atom. The van der Waals surface area contributed by atoms with E-state index in [1.807, 2.05) is 4.90 Å². The highest BCUT2D eigenvalue weighted by atomic mass is 32.2. The van der Waals surface area contributed by atoms with Crippen LogP contribution in [0.15, 0.2) is 0 Å². The normalized spacial score (nSPS) is 29.2. The molecule has 1 saturated carbocycles. The zero-order valence-corrected chi connectivity index (χ0v) is 14.3. The van der Waals surface area contributed by atoms with E-state index in [1.54, 1.807) is 18.3 Å². The first kappa shape index (κ1) is 16.2. The summed E-state index contributed by atoms with van der Waals surface area (Å²) in [5, 5.41) is -0.150. The molecular weight excluding hydrogens is 304 g/mol. The van der Waals surface area contributed by atoms with E-state index in [0.717, 1.165) is 38.8 Å². The van der Waals surface area contributed by atoms with Gasteiger partial charge in [0.05, 0.1) is 11.9 Å². The summed E-state index contributed by atoms with van der Waals surface area (Å²) in [5.41, 5.74) is -0.0239. The lowest BCUT2D eigenvalue weighted by molar-refractivity contribution is -0.131. The largest absolute Gasteiger partial charge is 0.384 e. The molecule has 0 radical (unpaired) electrons. The van der Waals surface area contributed by atoms with Crippen molar-refractivity contribution >= 4 is 15.9 Å². The van der Waals surface area contributed by atoms with Crippen LogP contribution in [0, 0.1) is 11.3 Å². The zero-order valence-electron chi connectivity index (χ0n) is 13.5. The van der Waals surface area contributed by atoms with Crippen molar-refractivity contribution in [2.45, 2.75) is 37.9 Å². The Kier molecular flexibility index (Phi) is 4.24.